The molecule has 2 nitrogen and oxygen atoms in total. The summed E-state index contributed by atoms with van der Waals surface area (Å²) in [6, 6.07) is 63.3. The lowest BCUT2D eigenvalue weighted by Gasteiger charge is -2.37. The first-order chi connectivity index (χ1) is 29.8. The highest BCUT2D eigenvalue weighted by atomic mass is 15.2. The largest absolute Gasteiger partial charge is 0.309 e. The van der Waals surface area contributed by atoms with Gasteiger partial charge in [0, 0.05) is 17.2 Å². The van der Waals surface area contributed by atoms with Crippen LogP contribution in [0.1, 0.15) is 44.5 Å². The lowest BCUT2D eigenvalue weighted by Crippen LogP contribution is -2.21. The minimum absolute atomic E-state index is 0.909. The number of nitrogens with zero attached hydrogens (tertiary/aromatic N) is 2. The van der Waals surface area contributed by atoms with Gasteiger partial charge >= 0.3 is 0 Å². The van der Waals surface area contributed by atoms with Crippen LogP contribution < -0.4 is 9.80 Å². The van der Waals surface area contributed by atoms with E-state index in [1.54, 1.807) is 0 Å². The van der Waals surface area contributed by atoms with E-state index in [0.29, 0.717) is 0 Å². The molecule has 10 aromatic rings. The molecule has 0 bridgehead atoms. The van der Waals surface area contributed by atoms with Crippen LogP contribution in [0.15, 0.2) is 170 Å². The minimum Gasteiger partial charge on any atom is -0.309 e. The maximum absolute atomic E-state index is 2.60. The van der Waals surface area contributed by atoms with Crippen LogP contribution in [0, 0.1) is 41.5 Å². The van der Waals surface area contributed by atoms with Crippen molar-refractivity contribution in [3.63, 3.8) is 0 Å². The Morgan fingerprint density at radius 1 is 0.393 bits per heavy atom. The van der Waals surface area contributed by atoms with E-state index in [9.17, 15) is 0 Å². The van der Waals surface area contributed by atoms with Gasteiger partial charge in [0.05, 0.1) is 34.1 Å². The number of benzene rings is 10. The summed E-state index contributed by atoms with van der Waals surface area (Å²) in [5, 5.41) is 7.62. The summed E-state index contributed by atoms with van der Waals surface area (Å²) in [4.78, 5) is 5.17. The van der Waals surface area contributed by atoms with Crippen molar-refractivity contribution in [3.05, 3.63) is 214 Å². The lowest BCUT2D eigenvalue weighted by molar-refractivity contribution is 1.07. The smallest absolute Gasteiger partial charge is 0.0541 e. The van der Waals surface area contributed by atoms with Gasteiger partial charge in [-0.3, -0.25) is 0 Å². The van der Waals surface area contributed by atoms with E-state index >= 15 is 0 Å². The van der Waals surface area contributed by atoms with Gasteiger partial charge < -0.3 is 9.80 Å². The summed E-state index contributed by atoms with van der Waals surface area (Å²) in [5.41, 5.74) is 22.8. The van der Waals surface area contributed by atoms with Gasteiger partial charge in [-0.1, -0.05) is 158 Å². The SMILES string of the molecule is Cc1cccc(C)c1N(c1c(C)ccc(-c2ccccc2)c1C)c1ccc2ccc3c(N4c5c(C)cccc5Cc5ccc(-c6ccccc6)c(C)c54)ccc4ccc1c2c43. The molecule has 0 saturated heterocycles. The van der Waals surface area contributed by atoms with E-state index in [1.807, 2.05) is 0 Å². The van der Waals surface area contributed by atoms with Crippen molar-refractivity contribution in [2.45, 2.75) is 48.0 Å². The maximum Gasteiger partial charge on any atom is 0.0541 e. The average molecular weight is 785 g/mol. The van der Waals surface area contributed by atoms with Crippen molar-refractivity contribution < 1.29 is 0 Å². The van der Waals surface area contributed by atoms with Gasteiger partial charge in [0.15, 0.2) is 0 Å². The fraction of sp³-hybridized carbons (Fsp3) is 0.119. The fourth-order valence-corrected chi connectivity index (χ4v) is 10.7. The molecule has 10 aromatic carbocycles. The third-order valence-corrected chi connectivity index (χ3v) is 13.5. The number of rotatable bonds is 6. The molecule has 61 heavy (non-hydrogen) atoms. The third kappa shape index (κ3) is 5.70. The summed E-state index contributed by atoms with van der Waals surface area (Å²) in [5.74, 6) is 0. The molecule has 0 amide bonds. The number of hydrogen-bond acceptors (Lipinski definition) is 2. The number of para-hydroxylation sites is 2. The second-order valence-electron chi connectivity index (χ2n) is 17.1. The van der Waals surface area contributed by atoms with Crippen LogP contribution in [-0.4, -0.2) is 0 Å². The van der Waals surface area contributed by atoms with Crippen LogP contribution >= 0.6 is 0 Å². The van der Waals surface area contributed by atoms with Crippen LogP contribution in [0.5, 0.6) is 0 Å². The predicted molar refractivity (Wildman–Crippen MR) is 262 cm³/mol. The van der Waals surface area contributed by atoms with Crippen LogP contribution in [0.2, 0.25) is 0 Å². The normalized spacial score (nSPS) is 12.3. The monoisotopic (exact) mass is 784 g/mol. The van der Waals surface area contributed by atoms with Crippen molar-refractivity contribution in [2.75, 3.05) is 9.80 Å². The zero-order chi connectivity index (χ0) is 41.5. The van der Waals surface area contributed by atoms with Crippen LogP contribution in [0.3, 0.4) is 0 Å². The molecule has 0 atom stereocenters. The molecule has 11 rings (SSSR count). The Hall–Kier alpha value is -7.16. The molecule has 0 fully saturated rings. The number of hydrogen-bond donors (Lipinski definition) is 0. The van der Waals surface area contributed by atoms with E-state index in [4.69, 9.17) is 0 Å². The summed E-state index contributed by atoms with van der Waals surface area (Å²) in [6.45, 7) is 13.7. The summed E-state index contributed by atoms with van der Waals surface area (Å²) in [6.07, 6.45) is 0.909. The number of fused-ring (bicyclic) bond motifs is 2. The Balaban J connectivity index is 1.20. The van der Waals surface area contributed by atoms with E-state index in [-0.39, 0.29) is 0 Å². The molecular formula is C59H48N2. The van der Waals surface area contributed by atoms with E-state index in [0.717, 1.165) is 6.42 Å². The molecule has 1 aliphatic rings. The molecule has 1 heterocycles. The minimum atomic E-state index is 0.909. The fourth-order valence-electron chi connectivity index (χ4n) is 10.7. The summed E-state index contributed by atoms with van der Waals surface area (Å²) >= 11 is 0. The topological polar surface area (TPSA) is 6.48 Å². The highest BCUT2D eigenvalue weighted by molar-refractivity contribution is 6.28. The molecule has 0 spiro atoms. The van der Waals surface area contributed by atoms with Crippen molar-refractivity contribution in [3.8, 4) is 22.3 Å². The molecule has 0 aliphatic carbocycles. The molecule has 2 heteroatoms. The van der Waals surface area contributed by atoms with Crippen molar-refractivity contribution in [2.24, 2.45) is 0 Å². The van der Waals surface area contributed by atoms with E-state index in [1.165, 1.54) is 133 Å². The van der Waals surface area contributed by atoms with Crippen LogP contribution in [-0.2, 0) is 6.42 Å². The van der Waals surface area contributed by atoms with Gasteiger partial charge in [-0.2, -0.15) is 0 Å². The lowest BCUT2D eigenvalue weighted by atomic mass is 9.86. The van der Waals surface area contributed by atoms with Gasteiger partial charge in [0.2, 0.25) is 0 Å². The van der Waals surface area contributed by atoms with Gasteiger partial charge in [-0.15, -0.1) is 0 Å². The second-order valence-corrected chi connectivity index (χ2v) is 17.1. The third-order valence-electron chi connectivity index (χ3n) is 13.5. The first kappa shape index (κ1) is 36.9. The van der Waals surface area contributed by atoms with Crippen LogP contribution in [0.25, 0.3) is 54.6 Å². The molecular weight excluding hydrogens is 737 g/mol. The molecule has 1 aliphatic heterocycles. The molecule has 0 unspecified atom stereocenters. The van der Waals surface area contributed by atoms with Crippen molar-refractivity contribution in [1.82, 2.24) is 0 Å². The summed E-state index contributed by atoms with van der Waals surface area (Å²) < 4.78 is 0. The molecule has 0 N–H and O–H groups in total. The standard InChI is InChI=1S/C59H48N2/c1-36-15-13-16-37(2)56(36)60(57-39(4)23-29-48(40(57)5)42-18-9-7-10-19-42)52-33-27-44-25-32-51-53(34-28-45-24-31-50(52)54(44)55(45)51)61-58-38(3)17-14-22-46(58)35-47-26-30-49(41(6)59(47)61)43-20-11-8-12-21-43/h7-34H,35H2,1-6H3. The van der Waals surface area contributed by atoms with Gasteiger partial charge in [-0.25, -0.2) is 0 Å². The quantitative estimate of drug-likeness (QED) is 0.155. The second kappa shape index (κ2) is 14.2. The number of aryl methyl sites for hydroxylation is 4. The first-order valence-electron chi connectivity index (χ1n) is 21.6. The molecule has 0 aromatic heterocycles. The zero-order valence-corrected chi connectivity index (χ0v) is 35.8. The Labute approximate surface area is 359 Å². The molecule has 0 radical (unpaired) electrons. The van der Waals surface area contributed by atoms with Gasteiger partial charge in [0.1, 0.15) is 0 Å². The van der Waals surface area contributed by atoms with Crippen molar-refractivity contribution in [1.29, 1.82) is 0 Å². The highest BCUT2D eigenvalue weighted by Crippen LogP contribution is 2.53. The molecule has 0 saturated carbocycles. The van der Waals surface area contributed by atoms with E-state index in [2.05, 4.69) is 221 Å². The van der Waals surface area contributed by atoms with Gasteiger partial charge in [0.25, 0.3) is 0 Å². The van der Waals surface area contributed by atoms with Gasteiger partial charge in [-0.05, 0) is 142 Å². The van der Waals surface area contributed by atoms with E-state index < -0.39 is 0 Å². The van der Waals surface area contributed by atoms with Crippen LogP contribution in [0.4, 0.5) is 34.1 Å². The predicted octanol–water partition coefficient (Wildman–Crippen LogP) is 16.6. The first-order valence-corrected chi connectivity index (χ1v) is 21.6. The highest BCUT2D eigenvalue weighted by Gasteiger charge is 2.31. The number of anilines is 6. The average Bonchev–Trinajstić information content (AvgIpc) is 3.28. The molecule has 294 valence electrons. The Morgan fingerprint density at radius 3 is 1.64 bits per heavy atom. The zero-order valence-electron chi connectivity index (χ0n) is 35.8. The van der Waals surface area contributed by atoms with Crippen molar-refractivity contribution >= 4 is 66.4 Å². The Bertz CT molecular complexity index is 3320. The maximum atomic E-state index is 2.60. The Morgan fingerprint density at radius 2 is 0.934 bits per heavy atom. The Kier molecular flexibility index (Phi) is 8.61. The summed E-state index contributed by atoms with van der Waals surface area (Å²) in [7, 11) is 0.